The third-order valence-electron chi connectivity index (χ3n) is 2.83. The predicted molar refractivity (Wildman–Crippen MR) is 70.0 cm³/mol. The molecule has 0 aliphatic heterocycles. The van der Waals surface area contributed by atoms with Crippen LogP contribution in [0, 0.1) is 11.6 Å². The van der Waals surface area contributed by atoms with E-state index in [1.807, 2.05) is 5.32 Å². The van der Waals surface area contributed by atoms with Crippen LogP contribution >= 0.6 is 0 Å². The van der Waals surface area contributed by atoms with Crippen LogP contribution in [-0.2, 0) is 6.18 Å². The van der Waals surface area contributed by atoms with Crippen molar-refractivity contribution in [2.45, 2.75) is 6.18 Å². The first-order chi connectivity index (χ1) is 10.2. The van der Waals surface area contributed by atoms with E-state index in [-0.39, 0.29) is 16.8 Å². The van der Waals surface area contributed by atoms with E-state index in [9.17, 15) is 26.7 Å². The molecule has 0 unspecified atom stereocenters. The lowest BCUT2D eigenvalue weighted by molar-refractivity contribution is -0.139. The summed E-state index contributed by atoms with van der Waals surface area (Å²) >= 11 is 0. The maximum absolute atomic E-state index is 13.7. The minimum atomic E-state index is -4.80. The van der Waals surface area contributed by atoms with Crippen LogP contribution in [0.5, 0.6) is 0 Å². The summed E-state index contributed by atoms with van der Waals surface area (Å²) in [6.07, 6.45) is -4.80. The fourth-order valence-corrected chi connectivity index (χ4v) is 1.85. The fourth-order valence-electron chi connectivity index (χ4n) is 1.85. The van der Waals surface area contributed by atoms with E-state index in [2.05, 4.69) is 0 Å². The summed E-state index contributed by atoms with van der Waals surface area (Å²) in [4.78, 5) is 10.6. The number of urea groups is 1. The van der Waals surface area contributed by atoms with Crippen LogP contribution in [-0.4, -0.2) is 6.03 Å². The number of carbonyl (C=O) groups is 1. The second kappa shape index (κ2) is 5.63. The van der Waals surface area contributed by atoms with Crippen LogP contribution in [0.3, 0.4) is 0 Å². The van der Waals surface area contributed by atoms with E-state index in [1.54, 1.807) is 0 Å². The molecular formula is C14H9F5N2O. The molecule has 0 saturated carbocycles. The highest BCUT2D eigenvalue weighted by Gasteiger charge is 2.33. The number of nitrogens with one attached hydrogen (secondary N) is 1. The Labute approximate surface area is 121 Å². The summed E-state index contributed by atoms with van der Waals surface area (Å²) in [7, 11) is 0. The molecule has 0 radical (unpaired) electrons. The zero-order valence-electron chi connectivity index (χ0n) is 10.8. The van der Waals surface area contributed by atoms with Crippen LogP contribution in [0.2, 0.25) is 0 Å². The second-order valence-electron chi connectivity index (χ2n) is 4.38. The maximum atomic E-state index is 13.7. The van der Waals surface area contributed by atoms with Gasteiger partial charge in [0.25, 0.3) is 0 Å². The van der Waals surface area contributed by atoms with E-state index in [0.29, 0.717) is 12.1 Å². The van der Waals surface area contributed by atoms with E-state index in [4.69, 9.17) is 5.73 Å². The van der Waals surface area contributed by atoms with Gasteiger partial charge >= 0.3 is 12.2 Å². The molecule has 2 aromatic carbocycles. The zero-order valence-corrected chi connectivity index (χ0v) is 10.8. The number of alkyl halides is 3. The number of halogens is 5. The van der Waals surface area contributed by atoms with Gasteiger partial charge in [-0.2, -0.15) is 13.2 Å². The summed E-state index contributed by atoms with van der Waals surface area (Å²) in [6, 6.07) is 4.75. The van der Waals surface area contributed by atoms with Crippen LogP contribution in [0.1, 0.15) is 5.56 Å². The van der Waals surface area contributed by atoms with Crippen molar-refractivity contribution in [3.63, 3.8) is 0 Å². The van der Waals surface area contributed by atoms with Gasteiger partial charge in [-0.3, -0.25) is 0 Å². The zero-order chi connectivity index (χ0) is 16.5. The number of amides is 2. The molecular weight excluding hydrogens is 307 g/mol. The van der Waals surface area contributed by atoms with Crippen LogP contribution in [0.15, 0.2) is 36.4 Å². The van der Waals surface area contributed by atoms with Crippen molar-refractivity contribution < 1.29 is 26.7 Å². The molecule has 2 rings (SSSR count). The van der Waals surface area contributed by atoms with Crippen molar-refractivity contribution in [2.24, 2.45) is 5.73 Å². The predicted octanol–water partition coefficient (Wildman–Crippen LogP) is 4.14. The quantitative estimate of drug-likeness (QED) is 0.804. The van der Waals surface area contributed by atoms with Crippen LogP contribution < -0.4 is 11.1 Å². The van der Waals surface area contributed by atoms with Gasteiger partial charge in [0.05, 0.1) is 11.3 Å². The molecule has 0 atom stereocenters. The van der Waals surface area contributed by atoms with Gasteiger partial charge in [-0.05, 0) is 35.4 Å². The minimum absolute atomic E-state index is 0.0648. The Morgan fingerprint density at radius 1 is 0.955 bits per heavy atom. The topological polar surface area (TPSA) is 55.1 Å². The minimum Gasteiger partial charge on any atom is -0.351 e. The van der Waals surface area contributed by atoms with Gasteiger partial charge in [-0.15, -0.1) is 0 Å². The summed E-state index contributed by atoms with van der Waals surface area (Å²) in [5.41, 5.74) is 3.47. The van der Waals surface area contributed by atoms with E-state index < -0.39 is 29.4 Å². The van der Waals surface area contributed by atoms with Gasteiger partial charge < -0.3 is 11.1 Å². The Kier molecular flexibility index (Phi) is 4.03. The lowest BCUT2D eigenvalue weighted by Gasteiger charge is -2.10. The summed E-state index contributed by atoms with van der Waals surface area (Å²) < 4.78 is 64.6. The molecule has 0 aliphatic carbocycles. The fraction of sp³-hybridized carbons (Fsp3) is 0.0714. The first-order valence-corrected chi connectivity index (χ1v) is 5.91. The van der Waals surface area contributed by atoms with Crippen LogP contribution in [0.4, 0.5) is 32.4 Å². The smallest absolute Gasteiger partial charge is 0.351 e. The molecule has 3 nitrogen and oxygen atoms in total. The van der Waals surface area contributed by atoms with Crippen molar-refractivity contribution in [3.8, 4) is 11.1 Å². The van der Waals surface area contributed by atoms with E-state index in [1.165, 1.54) is 12.1 Å². The molecule has 8 heteroatoms. The number of benzene rings is 2. The molecule has 0 fully saturated rings. The maximum Gasteiger partial charge on any atom is 0.419 e. The van der Waals surface area contributed by atoms with Crippen molar-refractivity contribution in [2.75, 3.05) is 5.32 Å². The molecule has 0 aromatic heterocycles. The summed E-state index contributed by atoms with van der Waals surface area (Å²) in [5.74, 6) is -2.30. The van der Waals surface area contributed by atoms with Crippen molar-refractivity contribution in [3.05, 3.63) is 53.6 Å². The Balaban J connectivity index is 2.39. The average molecular weight is 316 g/mol. The average Bonchev–Trinajstić information content (AvgIpc) is 2.39. The Morgan fingerprint density at radius 3 is 1.95 bits per heavy atom. The van der Waals surface area contributed by atoms with Crippen molar-refractivity contribution in [1.29, 1.82) is 0 Å². The second-order valence-corrected chi connectivity index (χ2v) is 4.38. The molecule has 2 amide bonds. The largest absolute Gasteiger partial charge is 0.419 e. The molecule has 0 heterocycles. The first-order valence-electron chi connectivity index (χ1n) is 5.91. The number of anilines is 1. The Bertz CT molecular complexity index is 728. The molecule has 22 heavy (non-hydrogen) atoms. The first kappa shape index (κ1) is 15.7. The van der Waals surface area contributed by atoms with E-state index in [0.717, 1.165) is 12.1 Å². The summed E-state index contributed by atoms with van der Waals surface area (Å²) in [5, 5.41) is 2.03. The lowest BCUT2D eigenvalue weighted by Crippen LogP contribution is -2.19. The highest BCUT2D eigenvalue weighted by atomic mass is 19.4. The third kappa shape index (κ3) is 3.33. The number of rotatable bonds is 2. The van der Waals surface area contributed by atoms with Gasteiger partial charge in [0.1, 0.15) is 11.6 Å². The number of primary amides is 1. The third-order valence-corrected chi connectivity index (χ3v) is 2.83. The van der Waals surface area contributed by atoms with E-state index >= 15 is 0 Å². The Morgan fingerprint density at radius 2 is 1.50 bits per heavy atom. The number of hydrogen-bond acceptors (Lipinski definition) is 1. The van der Waals surface area contributed by atoms with Gasteiger partial charge in [-0.1, -0.05) is 12.1 Å². The van der Waals surface area contributed by atoms with Gasteiger partial charge in [0, 0.05) is 0 Å². The number of nitrogens with two attached hydrogens (primary N) is 1. The number of carbonyl (C=O) groups excluding carboxylic acids is 1. The number of hydrogen-bond donors (Lipinski definition) is 2. The highest BCUT2D eigenvalue weighted by Crippen LogP contribution is 2.34. The van der Waals surface area contributed by atoms with Crippen LogP contribution in [0.25, 0.3) is 11.1 Å². The van der Waals surface area contributed by atoms with Gasteiger partial charge in [-0.25, -0.2) is 13.6 Å². The summed E-state index contributed by atoms with van der Waals surface area (Å²) in [6.45, 7) is 0. The molecule has 2 aromatic rings. The molecule has 0 aliphatic rings. The molecule has 3 N–H and O–H groups in total. The standard InChI is InChI=1S/C14H9F5N2O/c15-10-5-7(1-3-9(10)14(17,18)19)8-2-4-12(11(16)6-8)21-13(20)22/h1-6H,(H3,20,21,22). The monoisotopic (exact) mass is 316 g/mol. The normalized spacial score (nSPS) is 11.3. The Hall–Kier alpha value is -2.64. The SMILES string of the molecule is NC(=O)Nc1ccc(-c2ccc(C(F)(F)F)c(F)c2)cc1F. The van der Waals surface area contributed by atoms with Gasteiger partial charge in [0.15, 0.2) is 0 Å². The van der Waals surface area contributed by atoms with Crippen molar-refractivity contribution >= 4 is 11.7 Å². The molecule has 116 valence electrons. The molecule has 0 bridgehead atoms. The van der Waals surface area contributed by atoms with Gasteiger partial charge in [0.2, 0.25) is 0 Å². The van der Waals surface area contributed by atoms with Crippen molar-refractivity contribution in [1.82, 2.24) is 0 Å². The highest BCUT2D eigenvalue weighted by molar-refractivity contribution is 5.88. The molecule has 0 saturated heterocycles. The lowest BCUT2D eigenvalue weighted by atomic mass is 10.0. The molecule has 0 spiro atoms.